The highest BCUT2D eigenvalue weighted by molar-refractivity contribution is 9.08. The van der Waals surface area contributed by atoms with Gasteiger partial charge in [0.2, 0.25) is 0 Å². The molecule has 3 heteroatoms. The standard InChI is InChI=1S/C14H18BrNO/c1-14(2,11-16)7-4-8-17-13-6-3-5-12(9-13)10-15/h3,5-6,9H,4,7-8,10H2,1-2H3. The number of ether oxygens (including phenoxy) is 1. The number of benzene rings is 1. The lowest BCUT2D eigenvalue weighted by atomic mass is 9.90. The van der Waals surface area contributed by atoms with Crippen LogP contribution in [0, 0.1) is 16.7 Å². The van der Waals surface area contributed by atoms with Gasteiger partial charge in [-0.15, -0.1) is 0 Å². The molecule has 0 bridgehead atoms. The van der Waals surface area contributed by atoms with E-state index in [0.29, 0.717) is 6.61 Å². The Bertz CT molecular complexity index is 395. The first-order chi connectivity index (χ1) is 8.07. The summed E-state index contributed by atoms with van der Waals surface area (Å²) in [7, 11) is 0. The van der Waals surface area contributed by atoms with Gasteiger partial charge in [-0.1, -0.05) is 28.1 Å². The molecule has 1 aromatic rings. The molecular formula is C14H18BrNO. The van der Waals surface area contributed by atoms with Gasteiger partial charge in [0.05, 0.1) is 18.1 Å². The number of rotatable bonds is 6. The molecule has 2 nitrogen and oxygen atoms in total. The zero-order chi connectivity index (χ0) is 12.7. The number of alkyl halides is 1. The first-order valence-corrected chi connectivity index (χ1v) is 6.88. The summed E-state index contributed by atoms with van der Waals surface area (Å²) in [6.07, 6.45) is 1.76. The van der Waals surface area contributed by atoms with Crippen LogP contribution in [0.1, 0.15) is 32.3 Å². The first-order valence-electron chi connectivity index (χ1n) is 5.76. The monoisotopic (exact) mass is 295 g/mol. The molecule has 0 aliphatic heterocycles. The SMILES string of the molecule is CC(C)(C#N)CCCOc1cccc(CBr)c1. The summed E-state index contributed by atoms with van der Waals surface area (Å²) in [6, 6.07) is 10.3. The minimum atomic E-state index is -0.249. The van der Waals surface area contributed by atoms with Crippen molar-refractivity contribution in [1.29, 1.82) is 5.26 Å². The molecule has 0 aliphatic carbocycles. The zero-order valence-corrected chi connectivity index (χ0v) is 12.0. The molecule has 1 rings (SSSR count). The average Bonchev–Trinajstić information content (AvgIpc) is 2.35. The van der Waals surface area contributed by atoms with E-state index in [2.05, 4.69) is 28.1 Å². The summed E-state index contributed by atoms with van der Waals surface area (Å²) in [5.74, 6) is 0.900. The van der Waals surface area contributed by atoms with Crippen molar-refractivity contribution in [2.75, 3.05) is 6.61 Å². The molecular weight excluding hydrogens is 278 g/mol. The molecule has 0 atom stereocenters. The van der Waals surface area contributed by atoms with Crippen LogP contribution in [0.15, 0.2) is 24.3 Å². The van der Waals surface area contributed by atoms with Gasteiger partial charge in [-0.25, -0.2) is 0 Å². The van der Waals surface area contributed by atoms with Gasteiger partial charge < -0.3 is 4.74 Å². The van der Waals surface area contributed by atoms with Crippen LogP contribution >= 0.6 is 15.9 Å². The van der Waals surface area contributed by atoms with Gasteiger partial charge >= 0.3 is 0 Å². The Morgan fingerprint density at radius 3 is 2.82 bits per heavy atom. The molecule has 92 valence electrons. The zero-order valence-electron chi connectivity index (χ0n) is 10.4. The van der Waals surface area contributed by atoms with Crippen LogP contribution in [-0.2, 0) is 5.33 Å². The molecule has 0 fully saturated rings. The van der Waals surface area contributed by atoms with E-state index in [1.165, 1.54) is 5.56 Å². The second-order valence-electron chi connectivity index (χ2n) is 4.73. The highest BCUT2D eigenvalue weighted by Crippen LogP contribution is 2.21. The van der Waals surface area contributed by atoms with Crippen molar-refractivity contribution in [3.8, 4) is 11.8 Å². The third-order valence-corrected chi connectivity index (χ3v) is 3.22. The second-order valence-corrected chi connectivity index (χ2v) is 5.29. The summed E-state index contributed by atoms with van der Waals surface area (Å²) >= 11 is 3.42. The van der Waals surface area contributed by atoms with E-state index in [1.54, 1.807) is 0 Å². The lowest BCUT2D eigenvalue weighted by Gasteiger charge is -2.14. The van der Waals surface area contributed by atoms with Gasteiger partial charge in [0.1, 0.15) is 5.75 Å². The molecule has 0 amide bonds. The maximum Gasteiger partial charge on any atom is 0.119 e. The van der Waals surface area contributed by atoms with Crippen molar-refractivity contribution in [3.63, 3.8) is 0 Å². The molecule has 0 saturated heterocycles. The normalized spacial score (nSPS) is 10.9. The van der Waals surface area contributed by atoms with Crippen molar-refractivity contribution < 1.29 is 4.74 Å². The molecule has 0 aromatic heterocycles. The third kappa shape index (κ3) is 5.23. The second kappa shape index (κ2) is 6.66. The van der Waals surface area contributed by atoms with Gasteiger partial charge in [0.25, 0.3) is 0 Å². The maximum absolute atomic E-state index is 8.88. The van der Waals surface area contributed by atoms with Crippen LogP contribution in [0.3, 0.4) is 0 Å². The van der Waals surface area contributed by atoms with E-state index >= 15 is 0 Å². The van der Waals surface area contributed by atoms with Crippen LogP contribution in [-0.4, -0.2) is 6.61 Å². The number of hydrogen-bond donors (Lipinski definition) is 0. The van der Waals surface area contributed by atoms with Crippen molar-refractivity contribution in [2.24, 2.45) is 5.41 Å². The van der Waals surface area contributed by atoms with Crippen molar-refractivity contribution in [3.05, 3.63) is 29.8 Å². The van der Waals surface area contributed by atoms with Gasteiger partial charge in [0.15, 0.2) is 0 Å². The molecule has 1 aromatic carbocycles. The Labute approximate surface area is 112 Å². The molecule has 0 radical (unpaired) electrons. The number of nitrogens with zero attached hydrogens (tertiary/aromatic N) is 1. The van der Waals surface area contributed by atoms with Gasteiger partial charge in [0, 0.05) is 5.33 Å². The van der Waals surface area contributed by atoms with E-state index < -0.39 is 0 Å². The fraction of sp³-hybridized carbons (Fsp3) is 0.500. The minimum absolute atomic E-state index is 0.249. The van der Waals surface area contributed by atoms with Crippen LogP contribution in [0.4, 0.5) is 0 Å². The summed E-state index contributed by atoms with van der Waals surface area (Å²) < 4.78 is 5.66. The Balaban J connectivity index is 2.34. The number of nitriles is 1. The van der Waals surface area contributed by atoms with Gasteiger partial charge in [-0.3, -0.25) is 0 Å². The van der Waals surface area contributed by atoms with Crippen LogP contribution < -0.4 is 4.74 Å². The smallest absolute Gasteiger partial charge is 0.119 e. The lowest BCUT2D eigenvalue weighted by Crippen LogP contribution is -2.10. The lowest BCUT2D eigenvalue weighted by molar-refractivity contribution is 0.284. The van der Waals surface area contributed by atoms with E-state index in [0.717, 1.165) is 23.9 Å². The Kier molecular flexibility index (Phi) is 5.50. The van der Waals surface area contributed by atoms with E-state index in [1.807, 2.05) is 32.0 Å². The largest absolute Gasteiger partial charge is 0.494 e. The fourth-order valence-corrected chi connectivity index (χ4v) is 1.83. The van der Waals surface area contributed by atoms with E-state index in [9.17, 15) is 0 Å². The van der Waals surface area contributed by atoms with Crippen LogP contribution in [0.2, 0.25) is 0 Å². The number of hydrogen-bond acceptors (Lipinski definition) is 2. The predicted molar refractivity (Wildman–Crippen MR) is 73.2 cm³/mol. The van der Waals surface area contributed by atoms with Gasteiger partial charge in [-0.2, -0.15) is 5.26 Å². The molecule has 0 N–H and O–H groups in total. The van der Waals surface area contributed by atoms with Crippen molar-refractivity contribution in [2.45, 2.75) is 32.0 Å². The maximum atomic E-state index is 8.88. The quantitative estimate of drug-likeness (QED) is 0.579. The number of halogens is 1. The summed E-state index contributed by atoms with van der Waals surface area (Å²) in [5, 5.41) is 9.72. The minimum Gasteiger partial charge on any atom is -0.494 e. The first kappa shape index (κ1) is 14.1. The van der Waals surface area contributed by atoms with E-state index in [4.69, 9.17) is 10.00 Å². The average molecular weight is 296 g/mol. The van der Waals surface area contributed by atoms with Crippen LogP contribution in [0.5, 0.6) is 5.75 Å². The van der Waals surface area contributed by atoms with Crippen molar-refractivity contribution in [1.82, 2.24) is 0 Å². The third-order valence-electron chi connectivity index (χ3n) is 2.57. The van der Waals surface area contributed by atoms with Crippen LogP contribution in [0.25, 0.3) is 0 Å². The van der Waals surface area contributed by atoms with E-state index in [-0.39, 0.29) is 5.41 Å². The molecule has 0 saturated carbocycles. The Morgan fingerprint density at radius 2 is 2.18 bits per heavy atom. The Hall–Kier alpha value is -1.01. The predicted octanol–water partition coefficient (Wildman–Crippen LogP) is 4.29. The molecule has 17 heavy (non-hydrogen) atoms. The topological polar surface area (TPSA) is 33.0 Å². The van der Waals surface area contributed by atoms with Gasteiger partial charge in [-0.05, 0) is 44.4 Å². The molecule has 0 spiro atoms. The molecule has 0 heterocycles. The summed E-state index contributed by atoms with van der Waals surface area (Å²) in [6.45, 7) is 4.58. The Morgan fingerprint density at radius 1 is 1.41 bits per heavy atom. The fourth-order valence-electron chi connectivity index (χ4n) is 1.48. The summed E-state index contributed by atoms with van der Waals surface area (Å²) in [4.78, 5) is 0. The van der Waals surface area contributed by atoms with Crippen molar-refractivity contribution >= 4 is 15.9 Å². The summed E-state index contributed by atoms with van der Waals surface area (Å²) in [5.41, 5.74) is 0.959. The highest BCUT2D eigenvalue weighted by atomic mass is 79.9. The molecule has 0 aliphatic rings. The highest BCUT2D eigenvalue weighted by Gasteiger charge is 2.15. The molecule has 0 unspecified atom stereocenters.